The molecule has 0 aliphatic rings. The summed E-state index contributed by atoms with van der Waals surface area (Å²) in [5, 5.41) is 8.85. The third kappa shape index (κ3) is 4.32. The van der Waals surface area contributed by atoms with Crippen molar-refractivity contribution in [2.24, 2.45) is 0 Å². The van der Waals surface area contributed by atoms with Crippen molar-refractivity contribution < 1.29 is 9.90 Å². The van der Waals surface area contributed by atoms with Gasteiger partial charge in [-0.2, -0.15) is 0 Å². The van der Waals surface area contributed by atoms with Crippen molar-refractivity contribution in [3.63, 3.8) is 0 Å². The van der Waals surface area contributed by atoms with E-state index in [1.165, 1.54) is 6.92 Å². The fourth-order valence-electron chi connectivity index (χ4n) is 0.538. The summed E-state index contributed by atoms with van der Waals surface area (Å²) in [5.74, 6) is 0.0423. The second kappa shape index (κ2) is 4.28. The molecule has 0 aromatic carbocycles. The van der Waals surface area contributed by atoms with Gasteiger partial charge >= 0.3 is 0 Å². The number of rotatable bonds is 3. The van der Waals surface area contributed by atoms with Gasteiger partial charge in [-0.05, 0) is 13.3 Å². The lowest BCUT2D eigenvalue weighted by Gasteiger charge is -2.14. The van der Waals surface area contributed by atoms with Gasteiger partial charge in [-0.3, -0.25) is 4.79 Å². The summed E-state index contributed by atoms with van der Waals surface area (Å²) in [5.41, 5.74) is 0. The Labute approximate surface area is 61.6 Å². The standard InChI is InChI=1S/C7H15NO2/c1-6(9)4-5-8(3)7(2)10/h6,9H,4-5H2,1-3H3. The van der Waals surface area contributed by atoms with Crippen LogP contribution in [0.4, 0.5) is 0 Å². The van der Waals surface area contributed by atoms with E-state index in [-0.39, 0.29) is 12.0 Å². The van der Waals surface area contributed by atoms with Gasteiger partial charge in [0.15, 0.2) is 0 Å². The Morgan fingerprint density at radius 3 is 2.50 bits per heavy atom. The first-order valence-corrected chi connectivity index (χ1v) is 3.43. The van der Waals surface area contributed by atoms with Gasteiger partial charge in [0.05, 0.1) is 6.10 Å². The molecule has 0 saturated carbocycles. The lowest BCUT2D eigenvalue weighted by Crippen LogP contribution is -2.26. The Hall–Kier alpha value is -0.570. The SMILES string of the molecule is CC(=O)N(C)CCC(C)O. The van der Waals surface area contributed by atoms with Gasteiger partial charge in [0.2, 0.25) is 5.91 Å². The number of carbonyl (C=O) groups is 1. The fourth-order valence-corrected chi connectivity index (χ4v) is 0.538. The quantitative estimate of drug-likeness (QED) is 0.617. The molecule has 0 fully saturated rings. The second-order valence-electron chi connectivity index (χ2n) is 2.58. The molecule has 1 amide bonds. The predicted molar refractivity (Wildman–Crippen MR) is 39.6 cm³/mol. The Morgan fingerprint density at radius 1 is 1.70 bits per heavy atom. The van der Waals surface area contributed by atoms with Crippen LogP contribution in [0.2, 0.25) is 0 Å². The van der Waals surface area contributed by atoms with Crippen molar-refractivity contribution in [2.75, 3.05) is 13.6 Å². The smallest absolute Gasteiger partial charge is 0.219 e. The van der Waals surface area contributed by atoms with Gasteiger partial charge < -0.3 is 10.0 Å². The van der Waals surface area contributed by atoms with E-state index in [1.54, 1.807) is 18.9 Å². The number of amides is 1. The first-order chi connectivity index (χ1) is 4.54. The highest BCUT2D eigenvalue weighted by Crippen LogP contribution is 1.92. The molecule has 0 aliphatic heterocycles. The molecule has 60 valence electrons. The molecule has 1 unspecified atom stereocenters. The zero-order valence-electron chi connectivity index (χ0n) is 6.79. The average molecular weight is 145 g/mol. The van der Waals surface area contributed by atoms with Crippen LogP contribution in [0, 0.1) is 0 Å². The predicted octanol–water partition coefficient (Wildman–Crippen LogP) is 0.236. The number of carbonyl (C=O) groups excluding carboxylic acids is 1. The maximum Gasteiger partial charge on any atom is 0.219 e. The summed E-state index contributed by atoms with van der Waals surface area (Å²) >= 11 is 0. The molecule has 0 bridgehead atoms. The molecule has 10 heavy (non-hydrogen) atoms. The highest BCUT2D eigenvalue weighted by molar-refractivity contribution is 5.72. The van der Waals surface area contributed by atoms with Crippen molar-refractivity contribution in [1.82, 2.24) is 4.90 Å². The molecular formula is C7H15NO2. The van der Waals surface area contributed by atoms with Crippen LogP contribution in [0.15, 0.2) is 0 Å². The molecule has 0 aliphatic carbocycles. The number of aliphatic hydroxyl groups excluding tert-OH is 1. The molecule has 0 saturated heterocycles. The van der Waals surface area contributed by atoms with Crippen LogP contribution >= 0.6 is 0 Å². The van der Waals surface area contributed by atoms with E-state index in [4.69, 9.17) is 5.11 Å². The summed E-state index contributed by atoms with van der Waals surface area (Å²) in [6, 6.07) is 0. The number of nitrogens with zero attached hydrogens (tertiary/aromatic N) is 1. The normalized spacial score (nSPS) is 12.8. The molecule has 0 aromatic heterocycles. The van der Waals surface area contributed by atoms with Gasteiger partial charge in [-0.25, -0.2) is 0 Å². The molecule has 0 radical (unpaired) electrons. The van der Waals surface area contributed by atoms with E-state index < -0.39 is 0 Å². The molecule has 3 heteroatoms. The Kier molecular flexibility index (Phi) is 4.03. The summed E-state index contributed by atoms with van der Waals surface area (Å²) in [6.45, 7) is 3.86. The van der Waals surface area contributed by atoms with Crippen LogP contribution < -0.4 is 0 Å². The number of aliphatic hydroxyl groups is 1. The lowest BCUT2D eigenvalue weighted by molar-refractivity contribution is -0.127. The highest BCUT2D eigenvalue weighted by Gasteiger charge is 2.02. The fraction of sp³-hybridized carbons (Fsp3) is 0.857. The maximum absolute atomic E-state index is 10.6. The Balaban J connectivity index is 3.40. The monoisotopic (exact) mass is 145 g/mol. The van der Waals surface area contributed by atoms with E-state index in [2.05, 4.69) is 0 Å². The summed E-state index contributed by atoms with van der Waals surface area (Å²) in [4.78, 5) is 12.2. The molecule has 3 nitrogen and oxygen atoms in total. The van der Waals surface area contributed by atoms with Crippen LogP contribution in [0.3, 0.4) is 0 Å². The van der Waals surface area contributed by atoms with E-state index in [9.17, 15) is 4.79 Å². The van der Waals surface area contributed by atoms with Gasteiger partial charge in [-0.15, -0.1) is 0 Å². The average Bonchev–Trinajstić information content (AvgIpc) is 1.82. The van der Waals surface area contributed by atoms with Crippen LogP contribution in [-0.4, -0.2) is 35.6 Å². The molecule has 0 rings (SSSR count). The molecule has 0 spiro atoms. The third-order valence-corrected chi connectivity index (χ3v) is 1.42. The van der Waals surface area contributed by atoms with Gasteiger partial charge in [-0.1, -0.05) is 0 Å². The van der Waals surface area contributed by atoms with Crippen LogP contribution in [-0.2, 0) is 4.79 Å². The largest absolute Gasteiger partial charge is 0.393 e. The van der Waals surface area contributed by atoms with Crippen LogP contribution in [0.25, 0.3) is 0 Å². The van der Waals surface area contributed by atoms with E-state index >= 15 is 0 Å². The van der Waals surface area contributed by atoms with Crippen molar-refractivity contribution in [3.05, 3.63) is 0 Å². The first kappa shape index (κ1) is 9.43. The van der Waals surface area contributed by atoms with Crippen LogP contribution in [0.5, 0.6) is 0 Å². The van der Waals surface area contributed by atoms with E-state index in [0.717, 1.165) is 0 Å². The minimum atomic E-state index is -0.318. The zero-order valence-corrected chi connectivity index (χ0v) is 6.79. The minimum Gasteiger partial charge on any atom is -0.393 e. The van der Waals surface area contributed by atoms with Crippen molar-refractivity contribution in [1.29, 1.82) is 0 Å². The van der Waals surface area contributed by atoms with Crippen molar-refractivity contribution in [2.45, 2.75) is 26.4 Å². The molecule has 1 atom stereocenters. The topological polar surface area (TPSA) is 40.5 Å². The van der Waals surface area contributed by atoms with Gasteiger partial charge in [0, 0.05) is 20.5 Å². The van der Waals surface area contributed by atoms with Crippen molar-refractivity contribution in [3.8, 4) is 0 Å². The van der Waals surface area contributed by atoms with Gasteiger partial charge in [0.1, 0.15) is 0 Å². The van der Waals surface area contributed by atoms with Crippen molar-refractivity contribution >= 4 is 5.91 Å². The Bertz CT molecular complexity index is 112. The first-order valence-electron chi connectivity index (χ1n) is 3.43. The lowest BCUT2D eigenvalue weighted by atomic mass is 10.3. The molecule has 0 heterocycles. The van der Waals surface area contributed by atoms with E-state index in [1.807, 2.05) is 0 Å². The molecule has 0 aromatic rings. The minimum absolute atomic E-state index is 0.0423. The molecular weight excluding hydrogens is 130 g/mol. The number of hydrogen-bond acceptors (Lipinski definition) is 2. The number of hydrogen-bond donors (Lipinski definition) is 1. The van der Waals surface area contributed by atoms with Gasteiger partial charge in [0.25, 0.3) is 0 Å². The summed E-state index contributed by atoms with van der Waals surface area (Å²) < 4.78 is 0. The zero-order chi connectivity index (χ0) is 8.15. The third-order valence-electron chi connectivity index (χ3n) is 1.42. The summed E-state index contributed by atoms with van der Waals surface area (Å²) in [7, 11) is 1.73. The van der Waals surface area contributed by atoms with E-state index in [0.29, 0.717) is 13.0 Å². The second-order valence-corrected chi connectivity index (χ2v) is 2.58. The Morgan fingerprint density at radius 2 is 2.20 bits per heavy atom. The summed E-state index contributed by atoms with van der Waals surface area (Å²) in [6.07, 6.45) is 0.331. The maximum atomic E-state index is 10.6. The molecule has 1 N–H and O–H groups in total. The highest BCUT2D eigenvalue weighted by atomic mass is 16.3. The van der Waals surface area contributed by atoms with Crippen LogP contribution in [0.1, 0.15) is 20.3 Å².